The van der Waals surface area contributed by atoms with Gasteiger partial charge in [0.25, 0.3) is 0 Å². The predicted octanol–water partition coefficient (Wildman–Crippen LogP) is 0.765. The summed E-state index contributed by atoms with van der Waals surface area (Å²) in [5.74, 6) is -2.85. The molecule has 43 heavy (non-hydrogen) atoms. The lowest BCUT2D eigenvalue weighted by Gasteiger charge is -2.40. The van der Waals surface area contributed by atoms with E-state index in [1.807, 2.05) is 0 Å². The summed E-state index contributed by atoms with van der Waals surface area (Å²) in [6.07, 6.45) is -6.87. The Kier molecular flexibility index (Phi) is 15.0. The number of nitrogens with two attached hydrogens (primary N) is 1. The number of aliphatic hydroxyl groups is 2. The summed E-state index contributed by atoms with van der Waals surface area (Å²) < 4.78 is 34.2. The summed E-state index contributed by atoms with van der Waals surface area (Å²) in [4.78, 5) is 47.3. The van der Waals surface area contributed by atoms with Gasteiger partial charge < -0.3 is 61.7 Å². The van der Waals surface area contributed by atoms with Gasteiger partial charge in [-0.3, -0.25) is 14.4 Å². The van der Waals surface area contributed by atoms with Crippen LogP contribution in [0.25, 0.3) is 0 Å². The minimum absolute atomic E-state index is 0.00775. The molecule has 11 atom stereocenters. The van der Waals surface area contributed by atoms with Gasteiger partial charge in [-0.15, -0.1) is 0 Å². The minimum atomic E-state index is -1.03. The number of aliphatic hydroxyl groups excluding tert-OH is 2. The number of urea groups is 1. The van der Waals surface area contributed by atoms with Gasteiger partial charge in [0, 0.05) is 32.2 Å². The van der Waals surface area contributed by atoms with Crippen LogP contribution in [0.1, 0.15) is 72.6 Å². The second-order valence-corrected chi connectivity index (χ2v) is 11.2. The summed E-state index contributed by atoms with van der Waals surface area (Å²) in [7, 11) is 0. The third-order valence-electron chi connectivity index (χ3n) is 7.23. The topological polar surface area (TPSA) is 222 Å². The zero-order valence-corrected chi connectivity index (χ0v) is 25.2. The van der Waals surface area contributed by atoms with Crippen LogP contribution in [0.3, 0.4) is 0 Å². The number of amides is 2. The summed E-state index contributed by atoms with van der Waals surface area (Å²) in [6.45, 7) is 10.5. The Morgan fingerprint density at radius 1 is 0.930 bits per heavy atom. The number of aliphatic carboxylic acids is 1. The molecule has 15 nitrogen and oxygen atoms in total. The van der Waals surface area contributed by atoms with Gasteiger partial charge >= 0.3 is 23.9 Å². The second kappa shape index (κ2) is 17.7. The Bertz CT molecular complexity index is 921. The Morgan fingerprint density at radius 3 is 2.26 bits per heavy atom. The van der Waals surface area contributed by atoms with Gasteiger partial charge in [0.2, 0.25) is 0 Å². The fourth-order valence-corrected chi connectivity index (χ4v) is 4.54. The molecule has 15 heteroatoms. The number of carboxylic acids is 1. The van der Waals surface area contributed by atoms with Crippen LogP contribution in [0.5, 0.6) is 0 Å². The highest BCUT2D eigenvalue weighted by Crippen LogP contribution is 2.29. The van der Waals surface area contributed by atoms with E-state index in [2.05, 4.69) is 12.2 Å². The average molecular weight is 620 g/mol. The van der Waals surface area contributed by atoms with Crippen molar-refractivity contribution >= 4 is 23.9 Å². The van der Waals surface area contributed by atoms with E-state index in [0.717, 1.165) is 0 Å². The van der Waals surface area contributed by atoms with E-state index in [-0.39, 0.29) is 38.6 Å². The minimum Gasteiger partial charge on any atom is -0.481 e. The van der Waals surface area contributed by atoms with E-state index < -0.39 is 91.3 Å². The van der Waals surface area contributed by atoms with Crippen LogP contribution in [-0.4, -0.2) is 107 Å². The predicted molar refractivity (Wildman–Crippen MR) is 148 cm³/mol. The molecule has 2 heterocycles. The Labute approximate surface area is 251 Å². The van der Waals surface area contributed by atoms with Crippen LogP contribution in [0.4, 0.5) is 4.79 Å². The largest absolute Gasteiger partial charge is 0.481 e. The van der Waals surface area contributed by atoms with Gasteiger partial charge in [-0.05, 0) is 33.6 Å². The van der Waals surface area contributed by atoms with Gasteiger partial charge in [0.1, 0.15) is 12.2 Å². The molecule has 0 aromatic heterocycles. The van der Waals surface area contributed by atoms with Crippen molar-refractivity contribution in [3.05, 3.63) is 6.92 Å². The number of carbonyl (C=O) groups excluding carboxylic acids is 3. The van der Waals surface area contributed by atoms with Gasteiger partial charge in [-0.25, -0.2) is 4.79 Å². The van der Waals surface area contributed by atoms with Gasteiger partial charge in [-0.1, -0.05) is 19.4 Å². The molecule has 0 radical (unpaired) electrons. The monoisotopic (exact) mass is 619 g/mol. The number of nitrogens with one attached hydrogen (secondary N) is 1. The lowest BCUT2D eigenvalue weighted by molar-refractivity contribution is -0.280. The molecule has 11 unspecified atom stereocenters. The quantitative estimate of drug-likeness (QED) is 0.119. The first-order valence-electron chi connectivity index (χ1n) is 14.6. The highest BCUT2D eigenvalue weighted by Gasteiger charge is 2.42. The van der Waals surface area contributed by atoms with Crippen molar-refractivity contribution in [2.75, 3.05) is 6.54 Å². The number of carboxylic acid groups (broad SMARTS) is 1. The molecule has 0 bridgehead atoms. The first-order valence-corrected chi connectivity index (χ1v) is 14.6. The van der Waals surface area contributed by atoms with Crippen molar-refractivity contribution in [2.45, 2.75) is 134 Å². The van der Waals surface area contributed by atoms with Crippen LogP contribution < -0.4 is 11.1 Å². The van der Waals surface area contributed by atoms with Crippen molar-refractivity contribution in [1.82, 2.24) is 5.32 Å². The number of rotatable bonds is 16. The Balaban J connectivity index is 1.94. The first kappa shape index (κ1) is 36.6. The molecule has 2 aliphatic heterocycles. The summed E-state index contributed by atoms with van der Waals surface area (Å²) in [6, 6.07) is -0.774. The summed E-state index contributed by atoms with van der Waals surface area (Å²) >= 11 is 0. The SMILES string of the molecule is [CH2-]C(CCCC(=O)OC1CC(OC(=O)C(C)CNC(N)=O)C(C)OC1OC(C)CCC(=O)O)OC1OC(C)C(O)CC1O. The number of primary amides is 1. The number of carbonyl (C=O) groups is 4. The van der Waals surface area contributed by atoms with Gasteiger partial charge in [-0.2, -0.15) is 0 Å². The van der Waals surface area contributed by atoms with Crippen molar-refractivity contribution in [3.63, 3.8) is 0 Å². The zero-order valence-electron chi connectivity index (χ0n) is 25.2. The molecule has 2 amide bonds. The summed E-state index contributed by atoms with van der Waals surface area (Å²) in [5, 5.41) is 31.2. The van der Waals surface area contributed by atoms with Crippen LogP contribution in [0.2, 0.25) is 0 Å². The zero-order chi connectivity index (χ0) is 32.3. The number of hydrogen-bond acceptors (Lipinski definition) is 12. The van der Waals surface area contributed by atoms with Crippen molar-refractivity contribution in [2.24, 2.45) is 11.7 Å². The highest BCUT2D eigenvalue weighted by atomic mass is 16.7. The molecule has 0 saturated carbocycles. The fourth-order valence-electron chi connectivity index (χ4n) is 4.54. The van der Waals surface area contributed by atoms with E-state index in [9.17, 15) is 29.4 Å². The molecular weight excluding hydrogens is 572 g/mol. The second-order valence-electron chi connectivity index (χ2n) is 11.2. The Hall–Kier alpha value is -2.56. The normalized spacial score (nSPS) is 31.3. The van der Waals surface area contributed by atoms with E-state index in [1.165, 1.54) is 0 Å². The summed E-state index contributed by atoms with van der Waals surface area (Å²) in [5.41, 5.74) is 5.06. The van der Waals surface area contributed by atoms with Crippen molar-refractivity contribution in [3.8, 4) is 0 Å². The fraction of sp³-hybridized carbons (Fsp3) is 0.821. The Morgan fingerprint density at radius 2 is 1.60 bits per heavy atom. The standard InChI is InChI=1S/C28H47N2O13/c1-14(13-30-28(29)37)25(36)43-21-12-22(27(41-18(21)5)39-16(3)9-10-23(33)34)42-24(35)8-6-7-15(2)38-26-20(32)11-19(31)17(4)40-26/h14-22,26-27,31-32H,2,6-13H2,1,3-5H3,(H,33,34)(H3,29,30,37)/q-1. The third kappa shape index (κ3) is 12.9. The molecular formula is C28H47N2O13-. The smallest absolute Gasteiger partial charge is 0.312 e. The van der Waals surface area contributed by atoms with E-state index >= 15 is 0 Å². The molecule has 248 valence electrons. The number of esters is 2. The average Bonchev–Trinajstić information content (AvgIpc) is 2.91. The van der Waals surface area contributed by atoms with Gasteiger partial charge in [0.05, 0.1) is 30.3 Å². The maximum atomic E-state index is 12.8. The molecule has 2 rings (SSSR count). The van der Waals surface area contributed by atoms with E-state index in [1.54, 1.807) is 27.7 Å². The van der Waals surface area contributed by atoms with E-state index in [0.29, 0.717) is 12.8 Å². The molecule has 0 spiro atoms. The van der Waals surface area contributed by atoms with Crippen LogP contribution >= 0.6 is 0 Å². The molecule has 0 aromatic rings. The maximum absolute atomic E-state index is 12.8. The first-order chi connectivity index (χ1) is 20.2. The van der Waals surface area contributed by atoms with Crippen molar-refractivity contribution < 1.29 is 62.9 Å². The number of hydrogen-bond donors (Lipinski definition) is 5. The molecule has 0 aromatic carbocycles. The molecule has 6 N–H and O–H groups in total. The molecule has 2 fully saturated rings. The lowest BCUT2D eigenvalue weighted by atomic mass is 10.0. The maximum Gasteiger partial charge on any atom is 0.312 e. The lowest BCUT2D eigenvalue weighted by Crippen LogP contribution is -2.51. The third-order valence-corrected chi connectivity index (χ3v) is 7.23. The molecule has 2 saturated heterocycles. The number of ether oxygens (including phenoxy) is 6. The molecule has 2 aliphatic rings. The van der Waals surface area contributed by atoms with Crippen LogP contribution in [0.15, 0.2) is 0 Å². The van der Waals surface area contributed by atoms with E-state index in [4.69, 9.17) is 39.3 Å². The highest BCUT2D eigenvalue weighted by molar-refractivity contribution is 5.75. The van der Waals surface area contributed by atoms with Crippen LogP contribution in [0, 0.1) is 12.8 Å². The molecule has 0 aliphatic carbocycles. The van der Waals surface area contributed by atoms with Gasteiger partial charge in [0.15, 0.2) is 18.7 Å². The van der Waals surface area contributed by atoms with Crippen molar-refractivity contribution in [1.29, 1.82) is 0 Å². The van der Waals surface area contributed by atoms with Crippen LogP contribution in [-0.2, 0) is 42.8 Å².